The highest BCUT2D eigenvalue weighted by molar-refractivity contribution is 5.39. The Morgan fingerprint density at radius 1 is 1.27 bits per heavy atom. The first-order valence-corrected chi connectivity index (χ1v) is 5.88. The minimum atomic E-state index is 0.418. The molecule has 1 aromatic rings. The van der Waals surface area contributed by atoms with Crippen molar-refractivity contribution in [3.8, 4) is 5.75 Å². The van der Waals surface area contributed by atoms with Gasteiger partial charge in [-0.3, -0.25) is 0 Å². The second-order valence-electron chi connectivity index (χ2n) is 4.61. The van der Waals surface area contributed by atoms with Crippen LogP contribution in [-0.4, -0.2) is 13.2 Å². The van der Waals surface area contributed by atoms with Crippen LogP contribution in [0.15, 0.2) is 24.3 Å². The first-order chi connectivity index (χ1) is 7.43. The first-order valence-electron chi connectivity index (χ1n) is 5.88. The van der Waals surface area contributed by atoms with E-state index in [1.807, 2.05) is 6.07 Å². The molecule has 1 atom stereocenters. The summed E-state index contributed by atoms with van der Waals surface area (Å²) in [7, 11) is 0. The lowest BCUT2D eigenvalue weighted by molar-refractivity contribution is 0.264. The molecule has 1 N–H and O–H groups in total. The predicted molar refractivity (Wildman–Crippen MR) is 60.0 cm³/mol. The molecule has 15 heavy (non-hydrogen) atoms. The van der Waals surface area contributed by atoms with Crippen LogP contribution in [0.4, 0.5) is 0 Å². The van der Waals surface area contributed by atoms with Gasteiger partial charge in [0.1, 0.15) is 12.4 Å². The number of nitrogens with one attached hydrogen (secondary N) is 1. The highest BCUT2D eigenvalue weighted by Crippen LogP contribution is 2.32. The van der Waals surface area contributed by atoms with Gasteiger partial charge in [-0.05, 0) is 31.4 Å². The molecule has 1 heterocycles. The van der Waals surface area contributed by atoms with E-state index in [0.29, 0.717) is 6.04 Å². The van der Waals surface area contributed by atoms with Gasteiger partial charge in [-0.25, -0.2) is 0 Å². The number of fused-ring (bicyclic) bond motifs is 1. The molecule has 1 aromatic carbocycles. The predicted octanol–water partition coefficient (Wildman–Crippen LogP) is 2.51. The van der Waals surface area contributed by atoms with E-state index < -0.39 is 0 Å². The van der Waals surface area contributed by atoms with Gasteiger partial charge in [-0.15, -0.1) is 0 Å². The van der Waals surface area contributed by atoms with Gasteiger partial charge in [-0.1, -0.05) is 24.6 Å². The number of hydrogen-bond acceptors (Lipinski definition) is 2. The lowest BCUT2D eigenvalue weighted by atomic mass is 9.85. The van der Waals surface area contributed by atoms with Crippen LogP contribution in [0.2, 0.25) is 0 Å². The molecule has 2 nitrogen and oxygen atoms in total. The summed E-state index contributed by atoms with van der Waals surface area (Å²) in [5.74, 6) is 1.97. The average Bonchev–Trinajstić information content (AvgIpc) is 2.60. The number of ether oxygens (including phenoxy) is 1. The van der Waals surface area contributed by atoms with Crippen molar-refractivity contribution in [2.45, 2.75) is 25.3 Å². The fourth-order valence-electron chi connectivity index (χ4n) is 2.34. The van der Waals surface area contributed by atoms with Crippen LogP contribution < -0.4 is 10.1 Å². The van der Waals surface area contributed by atoms with Crippen LogP contribution in [0, 0.1) is 5.92 Å². The summed E-state index contributed by atoms with van der Waals surface area (Å²) in [6, 6.07) is 8.77. The van der Waals surface area contributed by atoms with Gasteiger partial charge in [0, 0.05) is 5.56 Å². The number of rotatable bonds is 3. The third-order valence-electron chi connectivity index (χ3n) is 3.58. The summed E-state index contributed by atoms with van der Waals surface area (Å²) in [6.45, 7) is 1.95. The summed E-state index contributed by atoms with van der Waals surface area (Å²) in [6.07, 6.45) is 4.23. The maximum atomic E-state index is 5.63. The van der Waals surface area contributed by atoms with E-state index in [1.165, 1.54) is 24.8 Å². The van der Waals surface area contributed by atoms with Crippen molar-refractivity contribution in [1.29, 1.82) is 0 Å². The van der Waals surface area contributed by atoms with Gasteiger partial charge in [0.15, 0.2) is 0 Å². The summed E-state index contributed by atoms with van der Waals surface area (Å²) in [4.78, 5) is 0. The minimum Gasteiger partial charge on any atom is -0.491 e. The maximum absolute atomic E-state index is 5.63. The quantitative estimate of drug-likeness (QED) is 0.815. The molecule has 1 aliphatic heterocycles. The summed E-state index contributed by atoms with van der Waals surface area (Å²) < 4.78 is 5.63. The third-order valence-corrected chi connectivity index (χ3v) is 3.58. The molecular formula is C13H17NO. The Balaban J connectivity index is 1.63. The monoisotopic (exact) mass is 203 g/mol. The molecule has 0 radical (unpaired) electrons. The molecular weight excluding hydrogens is 186 g/mol. The Bertz CT molecular complexity index is 346. The fraction of sp³-hybridized carbons (Fsp3) is 0.538. The van der Waals surface area contributed by atoms with Crippen LogP contribution in [0.1, 0.15) is 30.9 Å². The Morgan fingerprint density at radius 2 is 2.13 bits per heavy atom. The van der Waals surface area contributed by atoms with Gasteiger partial charge in [0.25, 0.3) is 0 Å². The van der Waals surface area contributed by atoms with Crippen molar-refractivity contribution in [1.82, 2.24) is 5.32 Å². The Kier molecular flexibility index (Phi) is 2.37. The second kappa shape index (κ2) is 3.86. The highest BCUT2D eigenvalue weighted by Gasteiger charge is 2.25. The van der Waals surface area contributed by atoms with Crippen LogP contribution in [-0.2, 0) is 0 Å². The molecule has 1 unspecified atom stereocenters. The molecule has 0 saturated heterocycles. The van der Waals surface area contributed by atoms with Crippen LogP contribution >= 0.6 is 0 Å². The molecule has 80 valence electrons. The molecule has 1 fully saturated rings. The average molecular weight is 203 g/mol. The molecule has 0 amide bonds. The molecule has 3 rings (SSSR count). The largest absolute Gasteiger partial charge is 0.491 e. The summed E-state index contributed by atoms with van der Waals surface area (Å²) >= 11 is 0. The van der Waals surface area contributed by atoms with Gasteiger partial charge in [0.2, 0.25) is 0 Å². The van der Waals surface area contributed by atoms with Crippen molar-refractivity contribution in [2.75, 3.05) is 13.2 Å². The van der Waals surface area contributed by atoms with Gasteiger partial charge in [-0.2, -0.15) is 0 Å². The van der Waals surface area contributed by atoms with E-state index in [1.54, 1.807) is 0 Å². The van der Waals surface area contributed by atoms with E-state index >= 15 is 0 Å². The molecule has 0 spiro atoms. The molecule has 2 heteroatoms. The van der Waals surface area contributed by atoms with Crippen molar-refractivity contribution in [2.24, 2.45) is 5.92 Å². The lowest BCUT2D eigenvalue weighted by Crippen LogP contribution is -2.31. The molecule has 1 saturated carbocycles. The van der Waals surface area contributed by atoms with E-state index in [0.717, 1.165) is 24.8 Å². The van der Waals surface area contributed by atoms with E-state index in [4.69, 9.17) is 4.74 Å². The van der Waals surface area contributed by atoms with E-state index in [2.05, 4.69) is 23.5 Å². The van der Waals surface area contributed by atoms with Crippen LogP contribution in [0.25, 0.3) is 0 Å². The molecule has 1 aliphatic carbocycles. The van der Waals surface area contributed by atoms with Crippen molar-refractivity contribution in [3.63, 3.8) is 0 Å². The maximum Gasteiger partial charge on any atom is 0.124 e. The van der Waals surface area contributed by atoms with Crippen molar-refractivity contribution < 1.29 is 4.74 Å². The Morgan fingerprint density at radius 3 is 2.93 bits per heavy atom. The third kappa shape index (κ3) is 1.74. The highest BCUT2D eigenvalue weighted by atomic mass is 16.5. The number of benzene rings is 1. The zero-order valence-corrected chi connectivity index (χ0v) is 8.91. The zero-order valence-electron chi connectivity index (χ0n) is 8.91. The Labute approximate surface area is 90.6 Å². The smallest absolute Gasteiger partial charge is 0.124 e. The molecule has 2 aliphatic rings. The van der Waals surface area contributed by atoms with E-state index in [9.17, 15) is 0 Å². The normalized spacial score (nSPS) is 24.4. The summed E-state index contributed by atoms with van der Waals surface area (Å²) in [5, 5.41) is 3.61. The topological polar surface area (TPSA) is 21.3 Å². The fourth-order valence-corrected chi connectivity index (χ4v) is 2.34. The van der Waals surface area contributed by atoms with Gasteiger partial charge >= 0.3 is 0 Å². The molecule has 0 bridgehead atoms. The first kappa shape index (κ1) is 9.22. The molecule has 0 aromatic heterocycles. The SMILES string of the molecule is c1ccc2c(c1)OCC2NCC1CCC1. The summed E-state index contributed by atoms with van der Waals surface area (Å²) in [5.41, 5.74) is 1.33. The van der Waals surface area contributed by atoms with Crippen molar-refractivity contribution >= 4 is 0 Å². The standard InChI is InChI=1S/C13H17NO/c1-2-7-13-11(6-1)12(9-15-13)14-8-10-4-3-5-10/h1-2,6-7,10,12,14H,3-5,8-9H2. The van der Waals surface area contributed by atoms with Crippen molar-refractivity contribution in [3.05, 3.63) is 29.8 Å². The lowest BCUT2D eigenvalue weighted by Gasteiger charge is -2.26. The van der Waals surface area contributed by atoms with Crippen LogP contribution in [0.5, 0.6) is 5.75 Å². The van der Waals surface area contributed by atoms with Gasteiger partial charge in [0.05, 0.1) is 6.04 Å². The van der Waals surface area contributed by atoms with E-state index in [-0.39, 0.29) is 0 Å². The zero-order chi connectivity index (χ0) is 10.1. The minimum absolute atomic E-state index is 0.418. The van der Waals surface area contributed by atoms with Crippen LogP contribution in [0.3, 0.4) is 0 Å². The number of para-hydroxylation sites is 1. The van der Waals surface area contributed by atoms with Gasteiger partial charge < -0.3 is 10.1 Å². The second-order valence-corrected chi connectivity index (χ2v) is 4.61. The number of hydrogen-bond donors (Lipinski definition) is 1. The Hall–Kier alpha value is -1.02.